The number of carbonyl (C=O) groups is 1. The average molecular weight is 242 g/mol. The van der Waals surface area contributed by atoms with Crippen molar-refractivity contribution in [3.05, 3.63) is 29.8 Å². The fraction of sp³-hybridized carbons (Fsp3) is 0.364. The first-order valence-electron chi connectivity index (χ1n) is 4.86. The molecule has 0 saturated heterocycles. The van der Waals surface area contributed by atoms with Crippen molar-refractivity contribution in [2.45, 2.75) is 11.3 Å². The van der Waals surface area contributed by atoms with Crippen LogP contribution in [0.2, 0.25) is 0 Å². The van der Waals surface area contributed by atoms with Crippen molar-refractivity contribution in [2.24, 2.45) is 0 Å². The van der Waals surface area contributed by atoms with E-state index < -0.39 is 16.8 Å². The molecule has 0 aromatic heterocycles. The Balaban J connectivity index is 2.78. The van der Waals surface area contributed by atoms with Gasteiger partial charge in [-0.3, -0.25) is 4.21 Å². The molecule has 0 saturated carbocycles. The highest BCUT2D eigenvalue weighted by Crippen LogP contribution is 2.14. The third-order valence-corrected chi connectivity index (χ3v) is 3.55. The Bertz CT molecular complexity index is 389. The van der Waals surface area contributed by atoms with Crippen molar-refractivity contribution in [1.29, 1.82) is 0 Å². The summed E-state index contributed by atoms with van der Waals surface area (Å²) < 4.78 is 16.7. The molecule has 1 N–H and O–H groups in total. The number of carboxylic acid groups (broad SMARTS) is 1. The van der Waals surface area contributed by atoms with Gasteiger partial charge in [0.2, 0.25) is 0 Å². The zero-order valence-electron chi connectivity index (χ0n) is 9.01. The van der Waals surface area contributed by atoms with Gasteiger partial charge in [-0.25, -0.2) is 4.79 Å². The number of carboxylic acids is 1. The van der Waals surface area contributed by atoms with Crippen LogP contribution >= 0.6 is 0 Å². The third kappa shape index (κ3) is 3.43. The van der Waals surface area contributed by atoms with Gasteiger partial charge in [0.1, 0.15) is 0 Å². The number of rotatable bonds is 6. The van der Waals surface area contributed by atoms with E-state index in [2.05, 4.69) is 0 Å². The monoisotopic (exact) mass is 242 g/mol. The average Bonchev–Trinajstić information content (AvgIpc) is 2.29. The highest BCUT2D eigenvalue weighted by atomic mass is 32.2. The van der Waals surface area contributed by atoms with E-state index in [1.165, 1.54) is 6.07 Å². The molecule has 1 aromatic carbocycles. The lowest BCUT2D eigenvalue weighted by molar-refractivity contribution is 0.0693. The molecule has 0 bridgehead atoms. The lowest BCUT2D eigenvalue weighted by atomic mass is 10.2. The van der Waals surface area contributed by atoms with Crippen LogP contribution in [0.15, 0.2) is 29.2 Å². The van der Waals surface area contributed by atoms with E-state index in [1.807, 2.05) is 0 Å². The van der Waals surface area contributed by atoms with Crippen molar-refractivity contribution in [3.8, 4) is 0 Å². The summed E-state index contributed by atoms with van der Waals surface area (Å²) in [7, 11) is 0.300. The Hall–Kier alpha value is -1.20. The summed E-state index contributed by atoms with van der Waals surface area (Å²) in [6, 6.07) is 6.37. The van der Waals surface area contributed by atoms with Crippen LogP contribution in [0.5, 0.6) is 0 Å². The quantitative estimate of drug-likeness (QED) is 0.768. The third-order valence-electron chi connectivity index (χ3n) is 2.04. The van der Waals surface area contributed by atoms with Crippen LogP contribution < -0.4 is 0 Å². The lowest BCUT2D eigenvalue weighted by Gasteiger charge is -2.05. The van der Waals surface area contributed by atoms with Crippen LogP contribution in [0.4, 0.5) is 0 Å². The highest BCUT2D eigenvalue weighted by molar-refractivity contribution is 7.85. The minimum atomic E-state index is -1.28. The van der Waals surface area contributed by atoms with Gasteiger partial charge < -0.3 is 9.84 Å². The van der Waals surface area contributed by atoms with Crippen LogP contribution in [-0.4, -0.2) is 34.8 Å². The molecule has 1 atom stereocenters. The molecule has 4 nitrogen and oxygen atoms in total. The Morgan fingerprint density at radius 2 is 2.12 bits per heavy atom. The zero-order chi connectivity index (χ0) is 12.0. The Labute approximate surface area is 96.7 Å². The van der Waals surface area contributed by atoms with E-state index in [4.69, 9.17) is 9.84 Å². The van der Waals surface area contributed by atoms with Crippen molar-refractivity contribution in [2.75, 3.05) is 19.5 Å². The molecule has 1 unspecified atom stereocenters. The summed E-state index contributed by atoms with van der Waals surface area (Å²) in [5.41, 5.74) is 0.109. The van der Waals surface area contributed by atoms with Crippen LogP contribution in [0.1, 0.15) is 16.8 Å². The topological polar surface area (TPSA) is 63.6 Å². The Morgan fingerprint density at radius 1 is 1.44 bits per heavy atom. The summed E-state index contributed by atoms with van der Waals surface area (Å²) in [6.07, 6.45) is 0.650. The normalized spacial score (nSPS) is 12.3. The molecule has 88 valence electrons. The van der Waals surface area contributed by atoms with Crippen molar-refractivity contribution < 1.29 is 18.8 Å². The lowest BCUT2D eigenvalue weighted by Crippen LogP contribution is -2.07. The summed E-state index contributed by atoms with van der Waals surface area (Å²) >= 11 is 0. The summed E-state index contributed by atoms with van der Waals surface area (Å²) in [4.78, 5) is 11.3. The van der Waals surface area contributed by atoms with Gasteiger partial charge in [0.25, 0.3) is 0 Å². The molecule has 0 fully saturated rings. The minimum Gasteiger partial charge on any atom is -0.478 e. The Morgan fingerprint density at radius 3 is 2.75 bits per heavy atom. The molecular formula is C11H14O4S. The minimum absolute atomic E-state index is 0.109. The molecule has 0 aliphatic carbocycles. The molecule has 1 aromatic rings. The van der Waals surface area contributed by atoms with E-state index in [1.54, 1.807) is 25.3 Å². The van der Waals surface area contributed by atoms with Gasteiger partial charge in [-0.1, -0.05) is 12.1 Å². The van der Waals surface area contributed by atoms with Crippen molar-refractivity contribution in [1.82, 2.24) is 0 Å². The van der Waals surface area contributed by atoms with Crippen LogP contribution in [0.25, 0.3) is 0 Å². The van der Waals surface area contributed by atoms with Gasteiger partial charge in [0.05, 0.1) is 21.3 Å². The maximum atomic E-state index is 11.8. The summed E-state index contributed by atoms with van der Waals surface area (Å²) in [6.45, 7) is 0.529. The van der Waals surface area contributed by atoms with Crippen LogP contribution in [0.3, 0.4) is 0 Å². The van der Waals surface area contributed by atoms with E-state index in [0.717, 1.165) is 0 Å². The number of hydrogen-bond acceptors (Lipinski definition) is 3. The second-order valence-electron chi connectivity index (χ2n) is 3.20. The van der Waals surface area contributed by atoms with E-state index in [0.29, 0.717) is 23.7 Å². The summed E-state index contributed by atoms with van der Waals surface area (Å²) in [5, 5.41) is 8.93. The first kappa shape index (κ1) is 12.9. The molecule has 5 heteroatoms. The number of hydrogen-bond donors (Lipinski definition) is 1. The van der Waals surface area contributed by atoms with Gasteiger partial charge in [0, 0.05) is 19.5 Å². The van der Waals surface area contributed by atoms with Crippen molar-refractivity contribution >= 4 is 16.8 Å². The molecule has 16 heavy (non-hydrogen) atoms. The molecule has 0 aliphatic rings. The molecule has 0 amide bonds. The molecule has 0 radical (unpaired) electrons. The van der Waals surface area contributed by atoms with Crippen molar-refractivity contribution in [3.63, 3.8) is 0 Å². The highest BCUT2D eigenvalue weighted by Gasteiger charge is 2.13. The summed E-state index contributed by atoms with van der Waals surface area (Å²) in [5.74, 6) is -0.631. The molecule has 0 aliphatic heterocycles. The zero-order valence-corrected chi connectivity index (χ0v) is 9.83. The van der Waals surface area contributed by atoms with Gasteiger partial charge in [0.15, 0.2) is 0 Å². The molecule has 0 heterocycles. The second-order valence-corrected chi connectivity index (χ2v) is 4.74. The number of ether oxygens (including phenoxy) is 1. The van der Waals surface area contributed by atoms with Crippen LogP contribution in [0, 0.1) is 0 Å². The van der Waals surface area contributed by atoms with Gasteiger partial charge in [-0.05, 0) is 18.6 Å². The van der Waals surface area contributed by atoms with E-state index in [-0.39, 0.29) is 5.56 Å². The maximum absolute atomic E-state index is 11.8. The van der Waals surface area contributed by atoms with Crippen LogP contribution in [-0.2, 0) is 15.5 Å². The standard InChI is InChI=1S/C11H14O4S/c1-15-7-4-8-16(14)10-6-3-2-5-9(10)11(12)13/h2-3,5-6H,4,7-8H2,1H3,(H,12,13). The fourth-order valence-corrected chi connectivity index (χ4v) is 2.52. The fourth-order valence-electron chi connectivity index (χ4n) is 1.29. The van der Waals surface area contributed by atoms with Gasteiger partial charge in [-0.2, -0.15) is 0 Å². The van der Waals surface area contributed by atoms with Gasteiger partial charge in [-0.15, -0.1) is 0 Å². The number of methoxy groups -OCH3 is 1. The largest absolute Gasteiger partial charge is 0.478 e. The SMILES string of the molecule is COCCCS(=O)c1ccccc1C(=O)O. The van der Waals surface area contributed by atoms with E-state index in [9.17, 15) is 9.00 Å². The molecular weight excluding hydrogens is 228 g/mol. The first-order valence-corrected chi connectivity index (χ1v) is 6.18. The number of aromatic carboxylic acids is 1. The van der Waals surface area contributed by atoms with Gasteiger partial charge >= 0.3 is 5.97 Å². The second kappa shape index (κ2) is 6.40. The first-order chi connectivity index (χ1) is 7.66. The maximum Gasteiger partial charge on any atom is 0.336 e. The van der Waals surface area contributed by atoms with E-state index >= 15 is 0 Å². The smallest absolute Gasteiger partial charge is 0.336 e. The predicted molar refractivity (Wildman–Crippen MR) is 61.2 cm³/mol. The molecule has 1 rings (SSSR count). The molecule has 0 spiro atoms. The number of benzene rings is 1. The predicted octanol–water partition coefficient (Wildman–Crippen LogP) is 1.53. The Kier molecular flexibility index (Phi) is 5.14.